The number of nitriles is 1. The molecule has 1 aliphatic heterocycles. The molecule has 36 heavy (non-hydrogen) atoms. The number of hydrogen-bond acceptors (Lipinski definition) is 7. The van der Waals surface area contributed by atoms with Crippen LogP contribution in [0, 0.1) is 18.3 Å². The molecule has 2 heterocycles. The third-order valence-electron chi connectivity index (χ3n) is 6.07. The Morgan fingerprint density at radius 2 is 1.67 bits per heavy atom. The fraction of sp³-hybridized carbons (Fsp3) is 0.296. The molecule has 3 aromatic rings. The fourth-order valence-corrected chi connectivity index (χ4v) is 5.31. The van der Waals surface area contributed by atoms with Crippen molar-refractivity contribution in [1.82, 2.24) is 9.47 Å². The van der Waals surface area contributed by atoms with Gasteiger partial charge in [-0.3, -0.25) is 14.2 Å². The van der Waals surface area contributed by atoms with E-state index in [0.717, 1.165) is 29.7 Å². The molecule has 9 heteroatoms. The summed E-state index contributed by atoms with van der Waals surface area (Å²) < 4.78 is 18.5. The van der Waals surface area contributed by atoms with Crippen LogP contribution in [0.3, 0.4) is 0 Å². The Bertz CT molecular complexity index is 1510. The van der Waals surface area contributed by atoms with Crippen LogP contribution in [-0.4, -0.2) is 49.8 Å². The van der Waals surface area contributed by atoms with E-state index in [2.05, 4.69) is 6.07 Å². The number of aromatic nitrogens is 1. The van der Waals surface area contributed by atoms with Crippen LogP contribution in [0.25, 0.3) is 17.3 Å². The van der Waals surface area contributed by atoms with Gasteiger partial charge in [-0.15, -0.1) is 11.3 Å². The van der Waals surface area contributed by atoms with Crippen LogP contribution in [0.1, 0.15) is 24.0 Å². The number of methoxy groups -OCH3 is 3. The number of aryl methyl sites for hydroxylation is 1. The largest absolute Gasteiger partial charge is 0.493 e. The molecule has 1 aromatic heterocycles. The molecular weight excluding hydrogens is 478 g/mol. The molecule has 1 aliphatic rings. The SMILES string of the molecule is COc1ccc(/C=c2/s/c(=C(\C#N)C(=O)N3CCCC3)n(-c3ccc(C)cc3)c2=O)c(OC)c1OC. The van der Waals surface area contributed by atoms with E-state index in [1.54, 1.807) is 23.1 Å². The van der Waals surface area contributed by atoms with Crippen molar-refractivity contribution in [3.05, 3.63) is 67.1 Å². The van der Waals surface area contributed by atoms with Gasteiger partial charge in [-0.25, -0.2) is 0 Å². The molecular formula is C27H27N3O5S. The second kappa shape index (κ2) is 10.7. The highest BCUT2D eigenvalue weighted by molar-refractivity contribution is 7.07. The number of thiazole rings is 1. The molecule has 0 N–H and O–H groups in total. The minimum atomic E-state index is -0.354. The van der Waals surface area contributed by atoms with Crippen molar-refractivity contribution >= 4 is 28.9 Å². The third kappa shape index (κ3) is 4.60. The molecule has 1 saturated heterocycles. The fourth-order valence-electron chi connectivity index (χ4n) is 4.22. The number of nitrogens with zero attached hydrogens (tertiary/aromatic N) is 3. The summed E-state index contributed by atoms with van der Waals surface area (Å²) >= 11 is 1.10. The number of ether oxygens (including phenoxy) is 3. The number of rotatable bonds is 6. The van der Waals surface area contributed by atoms with Crippen molar-refractivity contribution < 1.29 is 19.0 Å². The van der Waals surface area contributed by atoms with Crippen molar-refractivity contribution in [3.8, 4) is 29.0 Å². The lowest BCUT2D eigenvalue weighted by atomic mass is 10.1. The van der Waals surface area contributed by atoms with Gasteiger partial charge in [-0.1, -0.05) is 17.7 Å². The van der Waals surface area contributed by atoms with Gasteiger partial charge >= 0.3 is 0 Å². The predicted molar refractivity (Wildman–Crippen MR) is 138 cm³/mol. The Morgan fingerprint density at radius 3 is 2.25 bits per heavy atom. The highest BCUT2D eigenvalue weighted by Gasteiger charge is 2.25. The molecule has 0 radical (unpaired) electrons. The maximum absolute atomic E-state index is 13.7. The maximum Gasteiger partial charge on any atom is 0.273 e. The molecule has 4 rings (SSSR count). The maximum atomic E-state index is 13.7. The van der Waals surface area contributed by atoms with E-state index in [9.17, 15) is 14.9 Å². The van der Waals surface area contributed by atoms with Gasteiger partial charge < -0.3 is 19.1 Å². The summed E-state index contributed by atoms with van der Waals surface area (Å²) in [5, 5.41) is 10.0. The van der Waals surface area contributed by atoms with Crippen LogP contribution >= 0.6 is 11.3 Å². The molecule has 1 amide bonds. The number of likely N-dealkylation sites (tertiary alicyclic amines) is 1. The van der Waals surface area contributed by atoms with E-state index in [0.29, 0.717) is 50.8 Å². The Kier molecular flexibility index (Phi) is 7.46. The van der Waals surface area contributed by atoms with Crippen LogP contribution < -0.4 is 29.0 Å². The number of carbonyl (C=O) groups is 1. The monoisotopic (exact) mass is 505 g/mol. The Labute approximate surface area is 212 Å². The average Bonchev–Trinajstić information content (AvgIpc) is 3.54. The zero-order valence-electron chi connectivity index (χ0n) is 20.7. The summed E-state index contributed by atoms with van der Waals surface area (Å²) in [6, 6.07) is 13.0. The first kappa shape index (κ1) is 25.1. The first-order valence-corrected chi connectivity index (χ1v) is 12.3. The lowest BCUT2D eigenvalue weighted by Crippen LogP contribution is -2.35. The number of carbonyl (C=O) groups excluding carboxylic acids is 1. The van der Waals surface area contributed by atoms with Gasteiger partial charge in [0.1, 0.15) is 10.7 Å². The minimum absolute atomic E-state index is 0.0431. The molecule has 0 saturated carbocycles. The Hall–Kier alpha value is -4.03. The van der Waals surface area contributed by atoms with Gasteiger partial charge in [0.15, 0.2) is 17.1 Å². The van der Waals surface area contributed by atoms with Gasteiger partial charge in [-0.05, 0) is 50.1 Å². The van der Waals surface area contributed by atoms with Gasteiger partial charge in [0, 0.05) is 18.7 Å². The molecule has 0 spiro atoms. The molecule has 0 bridgehead atoms. The first-order valence-electron chi connectivity index (χ1n) is 11.5. The van der Waals surface area contributed by atoms with E-state index in [-0.39, 0.29) is 17.0 Å². The van der Waals surface area contributed by atoms with Crippen LogP contribution in [0.15, 0.2) is 41.2 Å². The van der Waals surface area contributed by atoms with Crippen LogP contribution in [-0.2, 0) is 4.79 Å². The van der Waals surface area contributed by atoms with Crippen LogP contribution in [0.2, 0.25) is 0 Å². The van der Waals surface area contributed by atoms with E-state index in [1.165, 1.54) is 25.9 Å². The van der Waals surface area contributed by atoms with Crippen molar-refractivity contribution in [3.63, 3.8) is 0 Å². The molecule has 0 unspecified atom stereocenters. The minimum Gasteiger partial charge on any atom is -0.493 e. The first-order chi connectivity index (χ1) is 17.4. The van der Waals surface area contributed by atoms with Gasteiger partial charge in [0.25, 0.3) is 11.5 Å². The van der Waals surface area contributed by atoms with Crippen LogP contribution in [0.4, 0.5) is 0 Å². The van der Waals surface area contributed by atoms with Crippen molar-refractivity contribution in [2.24, 2.45) is 0 Å². The van der Waals surface area contributed by atoms with E-state index < -0.39 is 0 Å². The lowest BCUT2D eigenvalue weighted by molar-refractivity contribution is -0.123. The zero-order chi connectivity index (χ0) is 25.8. The summed E-state index contributed by atoms with van der Waals surface area (Å²) in [7, 11) is 4.55. The van der Waals surface area contributed by atoms with Crippen LogP contribution in [0.5, 0.6) is 17.2 Å². The molecule has 1 fully saturated rings. The normalized spacial score (nSPS) is 14.4. The Morgan fingerprint density at radius 1 is 1.00 bits per heavy atom. The summed E-state index contributed by atoms with van der Waals surface area (Å²) in [5.41, 5.74) is 1.83. The van der Waals surface area contributed by atoms with E-state index >= 15 is 0 Å². The van der Waals surface area contributed by atoms with Crippen molar-refractivity contribution in [2.45, 2.75) is 19.8 Å². The number of amides is 1. The number of benzene rings is 2. The second-order valence-electron chi connectivity index (χ2n) is 8.30. The molecule has 2 aromatic carbocycles. The van der Waals surface area contributed by atoms with Crippen molar-refractivity contribution in [1.29, 1.82) is 5.26 Å². The average molecular weight is 506 g/mol. The lowest BCUT2D eigenvalue weighted by Gasteiger charge is -2.14. The molecule has 0 aliphatic carbocycles. The van der Waals surface area contributed by atoms with Gasteiger partial charge in [0.2, 0.25) is 5.75 Å². The summed E-state index contributed by atoms with van der Waals surface area (Å²) in [6.45, 7) is 3.16. The standard InChI is InChI=1S/C27H27N3O5S/c1-17-7-10-19(11-8-17)30-26(32)22(15-18-9-12-21(33-2)24(35-4)23(18)34-3)36-27(30)20(16-28)25(31)29-13-5-6-14-29/h7-12,15H,5-6,13-14H2,1-4H3/b22-15+,27-20+. The highest BCUT2D eigenvalue weighted by atomic mass is 32.1. The topological polar surface area (TPSA) is 93.8 Å². The van der Waals surface area contributed by atoms with Crippen molar-refractivity contribution in [2.75, 3.05) is 34.4 Å². The summed E-state index contributed by atoms with van der Waals surface area (Å²) in [6.07, 6.45) is 3.48. The summed E-state index contributed by atoms with van der Waals surface area (Å²) in [5.74, 6) is 0.947. The smallest absolute Gasteiger partial charge is 0.273 e. The number of hydrogen-bond donors (Lipinski definition) is 0. The predicted octanol–water partition coefficient (Wildman–Crippen LogP) is 2.36. The Balaban J connectivity index is 2.03. The molecule has 8 nitrogen and oxygen atoms in total. The summed E-state index contributed by atoms with van der Waals surface area (Å²) in [4.78, 5) is 28.6. The quantitative estimate of drug-likeness (QED) is 0.511. The third-order valence-corrected chi connectivity index (χ3v) is 7.16. The molecule has 186 valence electrons. The molecule has 0 atom stereocenters. The van der Waals surface area contributed by atoms with Gasteiger partial charge in [0.05, 0.1) is 31.5 Å². The van der Waals surface area contributed by atoms with E-state index in [1.807, 2.05) is 31.2 Å². The zero-order valence-corrected chi connectivity index (χ0v) is 21.5. The highest BCUT2D eigenvalue weighted by Crippen LogP contribution is 2.39. The second-order valence-corrected chi connectivity index (χ2v) is 9.33. The van der Waals surface area contributed by atoms with Gasteiger partial charge in [-0.2, -0.15) is 5.26 Å². The van der Waals surface area contributed by atoms with E-state index in [4.69, 9.17) is 14.2 Å².